The second-order valence-corrected chi connectivity index (χ2v) is 11.4. The van der Waals surface area contributed by atoms with Crippen molar-refractivity contribution in [1.82, 2.24) is 4.90 Å². The summed E-state index contributed by atoms with van der Waals surface area (Å²) < 4.78 is 51.2. The van der Waals surface area contributed by atoms with Gasteiger partial charge in [-0.05, 0) is 16.7 Å². The highest BCUT2D eigenvalue weighted by Gasteiger charge is 2.23. The summed E-state index contributed by atoms with van der Waals surface area (Å²) in [5.41, 5.74) is 2.23. The normalized spacial score (nSPS) is 12.2. The van der Waals surface area contributed by atoms with E-state index in [0.29, 0.717) is 11.1 Å². The van der Waals surface area contributed by atoms with Gasteiger partial charge in [0.15, 0.2) is 19.7 Å². The van der Waals surface area contributed by atoms with E-state index in [0.717, 1.165) is 5.56 Å². The van der Waals surface area contributed by atoms with Crippen molar-refractivity contribution in [3.63, 3.8) is 0 Å². The summed E-state index contributed by atoms with van der Waals surface area (Å²) in [6, 6.07) is 27.1. The van der Waals surface area contributed by atoms with Crippen LogP contribution in [-0.4, -0.2) is 33.5 Å². The Hall–Kier alpha value is -2.48. The van der Waals surface area contributed by atoms with Crippen LogP contribution in [0.15, 0.2) is 91.0 Å². The fourth-order valence-corrected chi connectivity index (χ4v) is 6.45. The minimum atomic E-state index is -3.54. The van der Waals surface area contributed by atoms with Crippen LogP contribution < -0.4 is 0 Å². The van der Waals surface area contributed by atoms with Gasteiger partial charge in [0, 0.05) is 6.54 Å². The average molecular weight is 444 g/mol. The van der Waals surface area contributed by atoms with Gasteiger partial charge in [-0.1, -0.05) is 91.0 Å². The molecule has 158 valence electrons. The Morgan fingerprint density at radius 3 is 1.20 bits per heavy atom. The Labute approximate surface area is 178 Å². The second-order valence-electron chi connectivity index (χ2n) is 7.32. The lowest BCUT2D eigenvalue weighted by atomic mass is 10.2. The van der Waals surface area contributed by atoms with Gasteiger partial charge in [0.1, 0.15) is 11.8 Å². The molecule has 0 bridgehead atoms. The first-order valence-corrected chi connectivity index (χ1v) is 13.2. The van der Waals surface area contributed by atoms with E-state index in [-0.39, 0.29) is 29.8 Å². The standard InChI is InChI=1S/C23H25NO4S2/c25-29(26,17-22-12-6-2-7-13-22)19-24(16-21-10-4-1-5-11-21)20-30(27,28)18-23-14-8-3-9-15-23/h1-15H,16-20H2. The molecule has 0 fully saturated rings. The fraction of sp³-hybridized carbons (Fsp3) is 0.217. The van der Waals surface area contributed by atoms with E-state index in [1.807, 2.05) is 42.5 Å². The van der Waals surface area contributed by atoms with Crippen molar-refractivity contribution in [2.75, 3.05) is 11.8 Å². The first kappa shape index (κ1) is 22.2. The van der Waals surface area contributed by atoms with Crippen LogP contribution in [0.25, 0.3) is 0 Å². The van der Waals surface area contributed by atoms with E-state index in [2.05, 4.69) is 0 Å². The van der Waals surface area contributed by atoms with Crippen molar-refractivity contribution in [2.45, 2.75) is 18.1 Å². The van der Waals surface area contributed by atoms with Gasteiger partial charge in [-0.25, -0.2) is 16.8 Å². The Balaban J connectivity index is 1.77. The molecule has 0 aliphatic carbocycles. The largest absolute Gasteiger partial charge is 0.272 e. The molecule has 0 aliphatic heterocycles. The zero-order valence-corrected chi connectivity index (χ0v) is 18.2. The molecule has 0 heterocycles. The van der Waals surface area contributed by atoms with Gasteiger partial charge >= 0.3 is 0 Å². The van der Waals surface area contributed by atoms with E-state index in [9.17, 15) is 16.8 Å². The van der Waals surface area contributed by atoms with Crippen LogP contribution in [0.2, 0.25) is 0 Å². The number of hydrogen-bond donors (Lipinski definition) is 0. The Bertz CT molecular complexity index is 1060. The van der Waals surface area contributed by atoms with E-state index in [1.54, 1.807) is 48.5 Å². The van der Waals surface area contributed by atoms with Crippen molar-refractivity contribution in [3.05, 3.63) is 108 Å². The van der Waals surface area contributed by atoms with Gasteiger partial charge in [0.25, 0.3) is 0 Å². The van der Waals surface area contributed by atoms with Gasteiger partial charge in [-0.2, -0.15) is 0 Å². The predicted molar refractivity (Wildman–Crippen MR) is 120 cm³/mol. The average Bonchev–Trinajstić information content (AvgIpc) is 2.68. The van der Waals surface area contributed by atoms with E-state index in [1.165, 1.54) is 4.90 Å². The number of nitrogens with zero attached hydrogens (tertiary/aromatic N) is 1. The first-order valence-electron chi connectivity index (χ1n) is 9.56. The lowest BCUT2D eigenvalue weighted by Gasteiger charge is -2.22. The summed E-state index contributed by atoms with van der Waals surface area (Å²) in [7, 11) is -7.08. The minimum absolute atomic E-state index is 0.127. The lowest BCUT2D eigenvalue weighted by molar-refractivity contribution is 0.349. The summed E-state index contributed by atoms with van der Waals surface area (Å²) in [5, 5.41) is 0. The highest BCUT2D eigenvalue weighted by molar-refractivity contribution is 7.91. The van der Waals surface area contributed by atoms with Gasteiger partial charge in [-0.3, -0.25) is 4.90 Å². The van der Waals surface area contributed by atoms with Crippen molar-refractivity contribution >= 4 is 19.7 Å². The molecule has 0 radical (unpaired) electrons. The summed E-state index contributed by atoms with van der Waals surface area (Å²) in [4.78, 5) is 1.49. The zero-order chi connectivity index (χ0) is 21.5. The number of sulfone groups is 2. The fourth-order valence-electron chi connectivity index (χ4n) is 3.27. The molecular weight excluding hydrogens is 418 g/mol. The van der Waals surface area contributed by atoms with Crippen molar-refractivity contribution in [1.29, 1.82) is 0 Å². The number of hydrogen-bond acceptors (Lipinski definition) is 5. The molecule has 0 unspecified atom stereocenters. The third kappa shape index (κ3) is 7.40. The topological polar surface area (TPSA) is 71.5 Å². The predicted octanol–water partition coefficient (Wildman–Crippen LogP) is 3.63. The Kier molecular flexibility index (Phi) is 7.42. The molecule has 0 saturated heterocycles. The molecule has 3 aromatic carbocycles. The van der Waals surface area contributed by atoms with E-state index in [4.69, 9.17) is 0 Å². The highest BCUT2D eigenvalue weighted by atomic mass is 32.2. The summed E-state index contributed by atoms with van der Waals surface area (Å²) in [5.74, 6) is -0.911. The van der Waals surface area contributed by atoms with Gasteiger partial charge in [-0.15, -0.1) is 0 Å². The second kappa shape index (κ2) is 10.0. The van der Waals surface area contributed by atoms with E-state index < -0.39 is 19.7 Å². The molecule has 0 N–H and O–H groups in total. The SMILES string of the molecule is O=S(=O)(Cc1ccccc1)CN(Cc1ccccc1)CS(=O)(=O)Cc1ccccc1. The zero-order valence-electron chi connectivity index (χ0n) is 16.6. The maximum Gasteiger partial charge on any atom is 0.167 e. The van der Waals surface area contributed by atoms with Gasteiger partial charge < -0.3 is 0 Å². The summed E-state index contributed by atoms with van der Waals surface area (Å²) in [6.07, 6.45) is 0. The van der Waals surface area contributed by atoms with Crippen LogP contribution in [0, 0.1) is 0 Å². The molecule has 7 heteroatoms. The van der Waals surface area contributed by atoms with Gasteiger partial charge in [0.2, 0.25) is 0 Å². The monoisotopic (exact) mass is 443 g/mol. The molecule has 0 aromatic heterocycles. The lowest BCUT2D eigenvalue weighted by Crippen LogP contribution is -2.35. The van der Waals surface area contributed by atoms with Crippen LogP contribution in [0.3, 0.4) is 0 Å². The Morgan fingerprint density at radius 1 is 0.500 bits per heavy atom. The number of benzene rings is 3. The number of rotatable bonds is 10. The van der Waals surface area contributed by atoms with Gasteiger partial charge in [0.05, 0.1) is 11.5 Å². The van der Waals surface area contributed by atoms with Crippen LogP contribution in [0.4, 0.5) is 0 Å². The van der Waals surface area contributed by atoms with Crippen molar-refractivity contribution < 1.29 is 16.8 Å². The Morgan fingerprint density at radius 2 is 0.833 bits per heavy atom. The molecule has 0 spiro atoms. The molecule has 0 atom stereocenters. The minimum Gasteiger partial charge on any atom is -0.272 e. The quantitative estimate of drug-likeness (QED) is 0.478. The van der Waals surface area contributed by atoms with Crippen LogP contribution >= 0.6 is 0 Å². The molecule has 3 rings (SSSR count). The first-order chi connectivity index (χ1) is 14.3. The molecule has 0 aliphatic rings. The van der Waals surface area contributed by atoms with Crippen LogP contribution in [0.1, 0.15) is 16.7 Å². The third-order valence-electron chi connectivity index (χ3n) is 4.47. The maximum absolute atomic E-state index is 12.8. The smallest absolute Gasteiger partial charge is 0.167 e. The molecule has 5 nitrogen and oxygen atoms in total. The molecule has 0 saturated carbocycles. The molecule has 3 aromatic rings. The summed E-state index contributed by atoms with van der Waals surface area (Å²) >= 11 is 0. The van der Waals surface area contributed by atoms with Crippen LogP contribution in [0.5, 0.6) is 0 Å². The molecule has 0 amide bonds. The molecular formula is C23H25NO4S2. The van der Waals surface area contributed by atoms with Crippen molar-refractivity contribution in [2.24, 2.45) is 0 Å². The molecule has 30 heavy (non-hydrogen) atoms. The van der Waals surface area contributed by atoms with E-state index >= 15 is 0 Å². The maximum atomic E-state index is 12.8. The van der Waals surface area contributed by atoms with Crippen LogP contribution in [-0.2, 0) is 37.7 Å². The van der Waals surface area contributed by atoms with Crippen molar-refractivity contribution in [3.8, 4) is 0 Å². The highest BCUT2D eigenvalue weighted by Crippen LogP contribution is 2.14. The third-order valence-corrected chi connectivity index (χ3v) is 7.53. The summed E-state index contributed by atoms with van der Waals surface area (Å²) in [6.45, 7) is 0.239.